The summed E-state index contributed by atoms with van der Waals surface area (Å²) in [5.41, 5.74) is 0. The van der Waals surface area contributed by atoms with E-state index in [0.717, 1.165) is 6.21 Å². The SMILES string of the molecule is CCOC(=O)/C=N/ON. The van der Waals surface area contributed by atoms with E-state index >= 15 is 0 Å². The Hall–Kier alpha value is -1.10. The van der Waals surface area contributed by atoms with Gasteiger partial charge in [0.1, 0.15) is 0 Å². The van der Waals surface area contributed by atoms with E-state index in [9.17, 15) is 4.79 Å². The average molecular weight is 132 g/mol. The van der Waals surface area contributed by atoms with Gasteiger partial charge in [-0.2, -0.15) is 0 Å². The molecule has 0 unspecified atom stereocenters. The van der Waals surface area contributed by atoms with E-state index in [1.54, 1.807) is 6.92 Å². The molecule has 0 bridgehead atoms. The summed E-state index contributed by atoms with van der Waals surface area (Å²) in [5.74, 6) is 3.90. The van der Waals surface area contributed by atoms with E-state index in [-0.39, 0.29) is 0 Å². The van der Waals surface area contributed by atoms with Crippen LogP contribution in [0.3, 0.4) is 0 Å². The lowest BCUT2D eigenvalue weighted by Gasteiger charge is -1.91. The first-order valence-corrected chi connectivity index (χ1v) is 2.37. The number of rotatable bonds is 3. The fourth-order valence-electron chi connectivity index (χ4n) is 0.253. The van der Waals surface area contributed by atoms with Crippen molar-refractivity contribution in [2.24, 2.45) is 11.1 Å². The molecule has 0 fully saturated rings. The molecule has 0 heterocycles. The Morgan fingerprint density at radius 3 is 3.00 bits per heavy atom. The van der Waals surface area contributed by atoms with E-state index in [4.69, 9.17) is 0 Å². The lowest BCUT2D eigenvalue weighted by Crippen LogP contribution is -2.05. The number of nitrogens with two attached hydrogens (primary N) is 1. The summed E-state index contributed by atoms with van der Waals surface area (Å²) >= 11 is 0. The molecule has 0 radical (unpaired) electrons. The zero-order valence-electron chi connectivity index (χ0n) is 5.03. The molecule has 0 aliphatic rings. The van der Waals surface area contributed by atoms with Crippen LogP contribution in [0.5, 0.6) is 0 Å². The van der Waals surface area contributed by atoms with Gasteiger partial charge in [-0.05, 0) is 6.92 Å². The third-order valence-corrected chi connectivity index (χ3v) is 0.506. The van der Waals surface area contributed by atoms with Gasteiger partial charge in [0.25, 0.3) is 0 Å². The van der Waals surface area contributed by atoms with Crippen LogP contribution in [0.1, 0.15) is 6.92 Å². The molecular formula is C4H8N2O3. The van der Waals surface area contributed by atoms with Crippen molar-refractivity contribution in [2.75, 3.05) is 6.61 Å². The van der Waals surface area contributed by atoms with E-state index in [1.165, 1.54) is 0 Å². The Bertz CT molecular complexity index is 112. The van der Waals surface area contributed by atoms with Crippen LogP contribution in [-0.2, 0) is 14.5 Å². The number of nitrogens with zero attached hydrogens (tertiary/aromatic N) is 1. The Balaban J connectivity index is 3.37. The molecule has 0 aromatic heterocycles. The highest BCUT2D eigenvalue weighted by molar-refractivity contribution is 6.22. The van der Waals surface area contributed by atoms with Crippen molar-refractivity contribution in [3.63, 3.8) is 0 Å². The number of oxime groups is 1. The van der Waals surface area contributed by atoms with Crippen LogP contribution in [0.15, 0.2) is 5.16 Å². The molecule has 52 valence electrons. The van der Waals surface area contributed by atoms with Crippen molar-refractivity contribution in [3.8, 4) is 0 Å². The van der Waals surface area contributed by atoms with Crippen molar-refractivity contribution in [3.05, 3.63) is 0 Å². The maximum Gasteiger partial charge on any atom is 0.352 e. The maximum absolute atomic E-state index is 10.3. The first kappa shape index (κ1) is 7.90. The van der Waals surface area contributed by atoms with Crippen LogP contribution in [0.2, 0.25) is 0 Å². The number of carbonyl (C=O) groups excluding carboxylic acids is 1. The molecule has 0 aromatic rings. The molecule has 0 atom stereocenters. The van der Waals surface area contributed by atoms with Gasteiger partial charge in [0.05, 0.1) is 6.61 Å². The summed E-state index contributed by atoms with van der Waals surface area (Å²) in [6, 6.07) is 0. The standard InChI is InChI=1S/C4H8N2O3/c1-2-8-4(7)3-6-9-5/h3H,2,5H2,1H3/b6-3+. The third kappa shape index (κ3) is 4.76. The lowest BCUT2D eigenvalue weighted by molar-refractivity contribution is -0.134. The maximum atomic E-state index is 10.3. The second kappa shape index (κ2) is 5.04. The molecule has 5 heteroatoms. The van der Waals surface area contributed by atoms with Gasteiger partial charge < -0.3 is 9.68 Å². The predicted molar refractivity (Wildman–Crippen MR) is 30.4 cm³/mol. The number of esters is 1. The summed E-state index contributed by atoms with van der Waals surface area (Å²) in [4.78, 5) is 14.0. The van der Waals surface area contributed by atoms with Crippen molar-refractivity contribution in [1.82, 2.24) is 0 Å². The lowest BCUT2D eigenvalue weighted by atomic mass is 10.7. The fourth-order valence-corrected chi connectivity index (χ4v) is 0.253. The summed E-state index contributed by atoms with van der Waals surface area (Å²) in [7, 11) is 0. The summed E-state index contributed by atoms with van der Waals surface area (Å²) in [6.45, 7) is 2.00. The molecule has 0 aliphatic heterocycles. The van der Waals surface area contributed by atoms with Crippen LogP contribution in [0.25, 0.3) is 0 Å². The van der Waals surface area contributed by atoms with Crippen LogP contribution in [-0.4, -0.2) is 18.8 Å². The quantitative estimate of drug-likeness (QED) is 0.317. The smallest absolute Gasteiger partial charge is 0.352 e. The molecule has 0 saturated carbocycles. The Morgan fingerprint density at radius 2 is 2.56 bits per heavy atom. The zero-order valence-corrected chi connectivity index (χ0v) is 5.03. The second-order valence-electron chi connectivity index (χ2n) is 1.09. The minimum atomic E-state index is -0.567. The van der Waals surface area contributed by atoms with Crippen LogP contribution >= 0.6 is 0 Å². The van der Waals surface area contributed by atoms with Gasteiger partial charge in [-0.15, -0.1) is 5.90 Å². The molecule has 0 aromatic carbocycles. The normalized spacial score (nSPS) is 9.56. The monoisotopic (exact) mass is 132 g/mol. The van der Waals surface area contributed by atoms with Gasteiger partial charge in [-0.3, -0.25) is 0 Å². The summed E-state index contributed by atoms with van der Waals surface area (Å²) < 4.78 is 4.42. The molecule has 2 N–H and O–H groups in total. The molecular weight excluding hydrogens is 124 g/mol. The average Bonchev–Trinajstić information content (AvgIpc) is 1.85. The van der Waals surface area contributed by atoms with Gasteiger partial charge in [0.2, 0.25) is 0 Å². The van der Waals surface area contributed by atoms with Gasteiger partial charge in [-0.25, -0.2) is 4.79 Å². The number of carbonyl (C=O) groups is 1. The number of hydrogen-bond donors (Lipinski definition) is 1. The largest absolute Gasteiger partial charge is 0.462 e. The third-order valence-electron chi connectivity index (χ3n) is 0.506. The highest BCUT2D eigenvalue weighted by Gasteiger charge is 1.92. The van der Waals surface area contributed by atoms with Crippen molar-refractivity contribution in [2.45, 2.75) is 6.92 Å². The molecule has 0 aliphatic carbocycles. The molecule has 9 heavy (non-hydrogen) atoms. The second-order valence-corrected chi connectivity index (χ2v) is 1.09. The van der Waals surface area contributed by atoms with Crippen molar-refractivity contribution in [1.29, 1.82) is 0 Å². The molecule has 0 spiro atoms. The van der Waals surface area contributed by atoms with Crippen molar-refractivity contribution < 1.29 is 14.5 Å². The van der Waals surface area contributed by atoms with Gasteiger partial charge in [0, 0.05) is 0 Å². The van der Waals surface area contributed by atoms with Crippen molar-refractivity contribution >= 4 is 12.2 Å². The Labute approximate surface area is 52.4 Å². The molecule has 5 nitrogen and oxygen atoms in total. The first-order chi connectivity index (χ1) is 4.31. The number of hydrogen-bond acceptors (Lipinski definition) is 5. The molecule has 0 amide bonds. The van der Waals surface area contributed by atoms with Crippen LogP contribution in [0.4, 0.5) is 0 Å². The van der Waals surface area contributed by atoms with E-state index < -0.39 is 5.97 Å². The predicted octanol–water partition coefficient (Wildman–Crippen LogP) is -0.574. The highest BCUT2D eigenvalue weighted by atomic mass is 16.7. The Morgan fingerprint density at radius 1 is 1.89 bits per heavy atom. The highest BCUT2D eigenvalue weighted by Crippen LogP contribution is 1.72. The first-order valence-electron chi connectivity index (χ1n) is 2.37. The van der Waals surface area contributed by atoms with Crippen LogP contribution in [0, 0.1) is 0 Å². The van der Waals surface area contributed by atoms with Gasteiger partial charge >= 0.3 is 5.97 Å². The summed E-state index contributed by atoms with van der Waals surface area (Å²) in [6.07, 6.45) is 0.851. The van der Waals surface area contributed by atoms with Crippen LogP contribution < -0.4 is 5.90 Å². The topological polar surface area (TPSA) is 73.9 Å². The minimum absolute atomic E-state index is 0.315. The van der Waals surface area contributed by atoms with Gasteiger partial charge in [0.15, 0.2) is 6.21 Å². The molecule has 0 saturated heterocycles. The zero-order chi connectivity index (χ0) is 7.11. The van der Waals surface area contributed by atoms with E-state index in [2.05, 4.69) is 20.7 Å². The van der Waals surface area contributed by atoms with E-state index in [1.807, 2.05) is 0 Å². The van der Waals surface area contributed by atoms with E-state index in [0.29, 0.717) is 6.61 Å². The number of ether oxygens (including phenoxy) is 1. The fraction of sp³-hybridized carbons (Fsp3) is 0.500. The summed E-state index contributed by atoms with van der Waals surface area (Å²) in [5, 5.41) is 2.97. The minimum Gasteiger partial charge on any atom is -0.462 e. The Kier molecular flexibility index (Phi) is 4.43. The molecule has 0 rings (SSSR count). The van der Waals surface area contributed by atoms with Gasteiger partial charge in [-0.1, -0.05) is 5.16 Å².